The molecule has 2 aromatic heterocycles. The highest BCUT2D eigenvalue weighted by Gasteiger charge is 2.33. The zero-order valence-corrected chi connectivity index (χ0v) is 23.7. The van der Waals surface area contributed by atoms with Crippen LogP contribution in [0.3, 0.4) is 0 Å². The second-order valence-corrected chi connectivity index (χ2v) is 11.3. The van der Waals surface area contributed by atoms with E-state index in [9.17, 15) is 9.59 Å². The number of furan rings is 1. The number of ether oxygens (including phenoxy) is 2. The van der Waals surface area contributed by atoms with Crippen molar-refractivity contribution < 1.29 is 18.7 Å². The highest BCUT2D eigenvalue weighted by atomic mass is 79.9. The number of hydrogen-bond donors (Lipinski definition) is 0. The number of rotatable bonds is 5. The molecule has 1 fully saturated rings. The first-order valence-corrected chi connectivity index (χ1v) is 13.8. The molecule has 0 spiro atoms. The van der Waals surface area contributed by atoms with Gasteiger partial charge in [-0.1, -0.05) is 35.1 Å². The van der Waals surface area contributed by atoms with E-state index in [1.165, 1.54) is 11.3 Å². The number of morpholine rings is 1. The molecule has 3 aromatic rings. The average molecular weight is 607 g/mol. The monoisotopic (exact) mass is 605 g/mol. The molecule has 0 amide bonds. The summed E-state index contributed by atoms with van der Waals surface area (Å²) in [6.45, 7) is 8.04. The second kappa shape index (κ2) is 10.6. The molecule has 1 saturated heterocycles. The van der Waals surface area contributed by atoms with Crippen LogP contribution in [0.1, 0.15) is 38.1 Å². The Labute approximate surface area is 230 Å². The van der Waals surface area contributed by atoms with Gasteiger partial charge in [0.05, 0.1) is 45.6 Å². The molecule has 194 valence electrons. The number of aromatic nitrogens is 1. The molecule has 0 unspecified atom stereocenters. The predicted molar refractivity (Wildman–Crippen MR) is 146 cm³/mol. The fraction of sp³-hybridized carbons (Fsp3) is 0.346. The van der Waals surface area contributed by atoms with Gasteiger partial charge in [-0.05, 0) is 54.4 Å². The molecule has 1 aromatic carbocycles. The van der Waals surface area contributed by atoms with E-state index in [1.54, 1.807) is 43.5 Å². The van der Waals surface area contributed by atoms with E-state index in [2.05, 4.69) is 25.8 Å². The van der Waals surface area contributed by atoms with Crippen molar-refractivity contribution in [2.24, 2.45) is 4.99 Å². The van der Waals surface area contributed by atoms with Crippen LogP contribution in [0.4, 0.5) is 5.88 Å². The molecule has 37 heavy (non-hydrogen) atoms. The number of hydrogen-bond acceptors (Lipinski definition) is 8. The van der Waals surface area contributed by atoms with E-state index in [-0.39, 0.29) is 11.7 Å². The van der Waals surface area contributed by atoms with Crippen molar-refractivity contribution in [1.29, 1.82) is 0 Å². The van der Waals surface area contributed by atoms with Gasteiger partial charge in [0.15, 0.2) is 4.80 Å². The van der Waals surface area contributed by atoms with E-state index >= 15 is 0 Å². The standard InChI is InChI=1S/C26H25BrClN3O5S/c1-14(2)35-25(33)21-15(3)29-26-31(22(21)16-4-6-17(28)7-5-16)23(32)20(37-26)13-18-12-19(27)24(36-18)30-8-10-34-11-9-30/h4-7,12-14,22H,8-11H2,1-3H3/b20-13+/t22-/m0/s1. The minimum absolute atomic E-state index is 0.272. The molecule has 2 aliphatic rings. The Balaban J connectivity index is 1.62. The van der Waals surface area contributed by atoms with Crippen molar-refractivity contribution in [1.82, 2.24) is 4.57 Å². The highest BCUT2D eigenvalue weighted by Crippen LogP contribution is 2.33. The number of carbonyl (C=O) groups is 1. The molecule has 8 nitrogen and oxygen atoms in total. The lowest BCUT2D eigenvalue weighted by molar-refractivity contribution is -0.143. The maximum atomic E-state index is 13.8. The van der Waals surface area contributed by atoms with Crippen LogP contribution in [0.25, 0.3) is 6.08 Å². The van der Waals surface area contributed by atoms with Crippen LogP contribution in [-0.4, -0.2) is 42.9 Å². The molecule has 0 N–H and O–H groups in total. The van der Waals surface area contributed by atoms with Gasteiger partial charge in [-0.2, -0.15) is 0 Å². The third-order valence-electron chi connectivity index (χ3n) is 6.03. The summed E-state index contributed by atoms with van der Waals surface area (Å²) in [6.07, 6.45) is 1.39. The number of nitrogens with zero attached hydrogens (tertiary/aromatic N) is 3. The Morgan fingerprint density at radius 3 is 2.65 bits per heavy atom. The van der Waals surface area contributed by atoms with Gasteiger partial charge in [0.25, 0.3) is 5.56 Å². The lowest BCUT2D eigenvalue weighted by Gasteiger charge is -2.26. The number of carbonyl (C=O) groups excluding carboxylic acids is 1. The molecule has 0 aliphatic carbocycles. The fourth-order valence-corrected chi connectivity index (χ4v) is 6.09. The molecule has 0 radical (unpaired) electrons. The summed E-state index contributed by atoms with van der Waals surface area (Å²) in [5.41, 5.74) is 1.29. The summed E-state index contributed by atoms with van der Waals surface area (Å²) in [5.74, 6) is 0.739. The molecular formula is C26H25BrClN3O5S. The molecule has 11 heteroatoms. The van der Waals surface area contributed by atoms with E-state index in [0.29, 0.717) is 50.5 Å². The van der Waals surface area contributed by atoms with Crippen molar-refractivity contribution in [3.63, 3.8) is 0 Å². The first-order chi connectivity index (χ1) is 17.7. The summed E-state index contributed by atoms with van der Waals surface area (Å²) < 4.78 is 19.8. The van der Waals surface area contributed by atoms with Gasteiger partial charge >= 0.3 is 5.97 Å². The van der Waals surface area contributed by atoms with Crippen LogP contribution in [0.15, 0.2) is 60.3 Å². The van der Waals surface area contributed by atoms with E-state index in [0.717, 1.165) is 23.1 Å². The number of thiazole rings is 1. The molecule has 0 saturated carbocycles. The summed E-state index contributed by atoms with van der Waals surface area (Å²) in [4.78, 5) is 34.1. The molecule has 2 aliphatic heterocycles. The molecule has 4 heterocycles. The largest absolute Gasteiger partial charge is 0.459 e. The van der Waals surface area contributed by atoms with Gasteiger partial charge in [-0.15, -0.1) is 0 Å². The summed E-state index contributed by atoms with van der Waals surface area (Å²) in [6, 6.07) is 8.24. The number of benzene rings is 1. The lowest BCUT2D eigenvalue weighted by atomic mass is 9.96. The Bertz CT molecular complexity index is 1550. The Morgan fingerprint density at radius 1 is 1.27 bits per heavy atom. The van der Waals surface area contributed by atoms with Crippen molar-refractivity contribution in [2.45, 2.75) is 32.9 Å². The first kappa shape index (κ1) is 26.0. The molecule has 0 bridgehead atoms. The topological polar surface area (TPSA) is 86.3 Å². The zero-order valence-electron chi connectivity index (χ0n) is 20.5. The van der Waals surface area contributed by atoms with E-state index in [1.807, 2.05) is 18.2 Å². The maximum Gasteiger partial charge on any atom is 0.338 e. The Hall–Kier alpha value is -2.66. The fourth-order valence-electron chi connectivity index (χ4n) is 4.38. The minimum Gasteiger partial charge on any atom is -0.459 e. The van der Waals surface area contributed by atoms with Gasteiger partial charge in [-0.3, -0.25) is 9.36 Å². The van der Waals surface area contributed by atoms with Crippen LogP contribution in [0.2, 0.25) is 5.02 Å². The van der Waals surface area contributed by atoms with Crippen molar-refractivity contribution >= 4 is 56.8 Å². The quantitative estimate of drug-likeness (QED) is 0.408. The smallest absolute Gasteiger partial charge is 0.338 e. The summed E-state index contributed by atoms with van der Waals surface area (Å²) >= 11 is 10.9. The maximum absolute atomic E-state index is 13.8. The van der Waals surface area contributed by atoms with Crippen LogP contribution in [-0.2, 0) is 14.3 Å². The number of allylic oxidation sites excluding steroid dienone is 1. The van der Waals surface area contributed by atoms with Gasteiger partial charge in [0.2, 0.25) is 5.88 Å². The lowest BCUT2D eigenvalue weighted by Crippen LogP contribution is -2.40. The Kier molecular flexibility index (Phi) is 7.44. The van der Waals surface area contributed by atoms with Gasteiger partial charge in [-0.25, -0.2) is 9.79 Å². The van der Waals surface area contributed by atoms with Crippen LogP contribution < -0.4 is 19.8 Å². The number of anilines is 1. The van der Waals surface area contributed by atoms with E-state index in [4.69, 9.17) is 25.5 Å². The highest BCUT2D eigenvalue weighted by molar-refractivity contribution is 9.10. The third-order valence-corrected chi connectivity index (χ3v) is 7.83. The number of esters is 1. The zero-order chi connectivity index (χ0) is 26.3. The average Bonchev–Trinajstić information content (AvgIpc) is 3.37. The SMILES string of the molecule is CC1=C(C(=O)OC(C)C)[C@H](c2ccc(Cl)cc2)n2c(s/c(=C/c3cc(Br)c(N4CCOCC4)o3)c2=O)=N1. The third kappa shape index (κ3) is 5.20. The van der Waals surface area contributed by atoms with Crippen LogP contribution in [0, 0.1) is 0 Å². The normalized spacial score (nSPS) is 18.3. The van der Waals surface area contributed by atoms with Crippen molar-refractivity contribution in [3.8, 4) is 0 Å². The molecule has 1 atom stereocenters. The van der Waals surface area contributed by atoms with Crippen LogP contribution in [0.5, 0.6) is 0 Å². The second-order valence-electron chi connectivity index (χ2n) is 8.99. The number of halogens is 2. The van der Waals surface area contributed by atoms with Gasteiger partial charge in [0, 0.05) is 30.3 Å². The van der Waals surface area contributed by atoms with Gasteiger partial charge in [0.1, 0.15) is 5.76 Å². The van der Waals surface area contributed by atoms with Gasteiger partial charge < -0.3 is 18.8 Å². The molecular weight excluding hydrogens is 582 g/mol. The summed E-state index contributed by atoms with van der Waals surface area (Å²) in [5, 5.41) is 0.558. The molecule has 5 rings (SSSR count). The van der Waals surface area contributed by atoms with E-state index < -0.39 is 12.0 Å². The number of fused-ring (bicyclic) bond motifs is 1. The Morgan fingerprint density at radius 2 is 1.97 bits per heavy atom. The van der Waals surface area contributed by atoms with Crippen molar-refractivity contribution in [3.05, 3.63) is 82.1 Å². The first-order valence-electron chi connectivity index (χ1n) is 11.8. The minimum atomic E-state index is -0.700. The van der Waals surface area contributed by atoms with Crippen molar-refractivity contribution in [2.75, 3.05) is 31.2 Å². The summed E-state index contributed by atoms with van der Waals surface area (Å²) in [7, 11) is 0. The van der Waals surface area contributed by atoms with Crippen LogP contribution >= 0.6 is 38.9 Å². The predicted octanol–water partition coefficient (Wildman–Crippen LogP) is 4.03.